The van der Waals surface area contributed by atoms with Crippen LogP contribution in [0.2, 0.25) is 0 Å². The zero-order chi connectivity index (χ0) is 14.5. The fourth-order valence-electron chi connectivity index (χ4n) is 1.11. The SMILES string of the molecule is CC(C)(C)OC(=O)Nc1ccncc1OC(=O)C=O. The zero-order valence-corrected chi connectivity index (χ0v) is 10.8. The van der Waals surface area contributed by atoms with Crippen LogP contribution in [-0.2, 0) is 14.3 Å². The molecule has 0 aromatic carbocycles. The minimum Gasteiger partial charge on any atom is -0.444 e. The van der Waals surface area contributed by atoms with Crippen molar-refractivity contribution >= 4 is 24.0 Å². The summed E-state index contributed by atoms with van der Waals surface area (Å²) in [5.74, 6) is -1.12. The average molecular weight is 266 g/mol. The van der Waals surface area contributed by atoms with E-state index in [0.29, 0.717) is 0 Å². The van der Waals surface area contributed by atoms with Crippen LogP contribution in [0.4, 0.5) is 10.5 Å². The van der Waals surface area contributed by atoms with Crippen LogP contribution in [0.5, 0.6) is 5.75 Å². The molecule has 1 rings (SSSR count). The van der Waals surface area contributed by atoms with Crippen molar-refractivity contribution in [1.29, 1.82) is 0 Å². The summed E-state index contributed by atoms with van der Waals surface area (Å²) in [4.78, 5) is 36.4. The highest BCUT2D eigenvalue weighted by atomic mass is 16.6. The van der Waals surface area contributed by atoms with Crippen molar-refractivity contribution in [2.24, 2.45) is 0 Å². The van der Waals surface area contributed by atoms with Gasteiger partial charge in [-0.2, -0.15) is 0 Å². The molecule has 0 spiro atoms. The third-order valence-corrected chi connectivity index (χ3v) is 1.73. The number of carbonyl (C=O) groups excluding carboxylic acids is 3. The number of anilines is 1. The van der Waals surface area contributed by atoms with Gasteiger partial charge in [0, 0.05) is 6.20 Å². The standard InChI is InChI=1S/C12H14N2O5/c1-12(2,3)19-11(17)14-8-4-5-13-6-9(8)18-10(16)7-15/h4-7H,1-3H3,(H,13,14,17). The molecule has 0 atom stereocenters. The quantitative estimate of drug-likeness (QED) is 0.506. The summed E-state index contributed by atoms with van der Waals surface area (Å²) < 4.78 is 9.73. The van der Waals surface area contributed by atoms with Crippen LogP contribution in [0.25, 0.3) is 0 Å². The Morgan fingerprint density at radius 1 is 1.37 bits per heavy atom. The van der Waals surface area contributed by atoms with Crippen molar-refractivity contribution < 1.29 is 23.9 Å². The van der Waals surface area contributed by atoms with Crippen molar-refractivity contribution in [3.63, 3.8) is 0 Å². The molecule has 1 N–H and O–H groups in total. The smallest absolute Gasteiger partial charge is 0.412 e. The van der Waals surface area contributed by atoms with E-state index in [2.05, 4.69) is 15.0 Å². The van der Waals surface area contributed by atoms with Crippen LogP contribution in [0.3, 0.4) is 0 Å². The Kier molecular flexibility index (Phi) is 4.57. The predicted molar refractivity (Wildman–Crippen MR) is 65.8 cm³/mol. The second-order valence-corrected chi connectivity index (χ2v) is 4.54. The lowest BCUT2D eigenvalue weighted by Crippen LogP contribution is -2.27. The molecule has 19 heavy (non-hydrogen) atoms. The molecule has 1 aromatic rings. The summed E-state index contributed by atoms with van der Waals surface area (Å²) in [5.41, 5.74) is -0.476. The molecule has 102 valence electrons. The van der Waals surface area contributed by atoms with Crippen LogP contribution >= 0.6 is 0 Å². The first-order valence-corrected chi connectivity index (χ1v) is 5.43. The number of ether oxygens (including phenoxy) is 2. The van der Waals surface area contributed by atoms with E-state index in [1.807, 2.05) is 0 Å². The molecule has 0 aliphatic carbocycles. The van der Waals surface area contributed by atoms with Gasteiger partial charge in [0.25, 0.3) is 0 Å². The van der Waals surface area contributed by atoms with Gasteiger partial charge in [-0.15, -0.1) is 0 Å². The van der Waals surface area contributed by atoms with E-state index in [-0.39, 0.29) is 17.7 Å². The minimum absolute atomic E-state index is 0.0181. The van der Waals surface area contributed by atoms with E-state index in [1.165, 1.54) is 18.5 Å². The number of nitrogens with one attached hydrogen (secondary N) is 1. The largest absolute Gasteiger partial charge is 0.444 e. The number of carbonyl (C=O) groups is 3. The first-order chi connectivity index (χ1) is 8.81. The van der Waals surface area contributed by atoms with Gasteiger partial charge in [-0.1, -0.05) is 0 Å². The molecule has 0 bridgehead atoms. The lowest BCUT2D eigenvalue weighted by molar-refractivity contribution is -0.141. The van der Waals surface area contributed by atoms with Crippen LogP contribution in [-0.4, -0.2) is 28.9 Å². The summed E-state index contributed by atoms with van der Waals surface area (Å²) in [6.45, 7) is 5.14. The summed E-state index contributed by atoms with van der Waals surface area (Å²) >= 11 is 0. The summed E-state index contributed by atoms with van der Waals surface area (Å²) in [7, 11) is 0. The van der Waals surface area contributed by atoms with E-state index >= 15 is 0 Å². The van der Waals surface area contributed by atoms with Crippen molar-refractivity contribution in [3.8, 4) is 5.75 Å². The van der Waals surface area contributed by atoms with Gasteiger partial charge >= 0.3 is 12.1 Å². The molecule has 0 aliphatic rings. The Labute approximate surface area is 109 Å². The second-order valence-electron chi connectivity index (χ2n) is 4.54. The van der Waals surface area contributed by atoms with Crippen molar-refractivity contribution in [1.82, 2.24) is 4.98 Å². The number of aldehydes is 1. The number of esters is 1. The Bertz CT molecular complexity index is 493. The van der Waals surface area contributed by atoms with Gasteiger partial charge in [-0.3, -0.25) is 15.1 Å². The maximum absolute atomic E-state index is 11.6. The maximum Gasteiger partial charge on any atom is 0.412 e. The molecule has 0 aliphatic heterocycles. The monoisotopic (exact) mass is 266 g/mol. The number of aromatic nitrogens is 1. The summed E-state index contributed by atoms with van der Waals surface area (Å²) in [6.07, 6.45) is 1.91. The van der Waals surface area contributed by atoms with Gasteiger partial charge in [0.15, 0.2) is 5.75 Å². The second kappa shape index (κ2) is 5.94. The molecule has 7 heteroatoms. The average Bonchev–Trinajstić information content (AvgIpc) is 2.29. The number of amides is 1. The van der Waals surface area contributed by atoms with Crippen LogP contribution in [0, 0.1) is 0 Å². The first kappa shape index (κ1) is 14.6. The first-order valence-electron chi connectivity index (χ1n) is 5.43. The van der Waals surface area contributed by atoms with Gasteiger partial charge < -0.3 is 9.47 Å². The fraction of sp³-hybridized carbons (Fsp3) is 0.333. The predicted octanol–water partition coefficient (Wildman–Crippen LogP) is 1.53. The fourth-order valence-corrected chi connectivity index (χ4v) is 1.11. The highest BCUT2D eigenvalue weighted by Gasteiger charge is 2.18. The molecule has 7 nitrogen and oxygen atoms in total. The molecule has 0 saturated carbocycles. The van der Waals surface area contributed by atoms with Crippen molar-refractivity contribution in [2.45, 2.75) is 26.4 Å². The molecule has 0 unspecified atom stereocenters. The van der Waals surface area contributed by atoms with Crippen molar-refractivity contribution in [3.05, 3.63) is 18.5 Å². The van der Waals surface area contributed by atoms with Crippen molar-refractivity contribution in [2.75, 3.05) is 5.32 Å². The Morgan fingerprint density at radius 3 is 2.63 bits per heavy atom. The Balaban J connectivity index is 2.80. The number of nitrogens with zero attached hydrogens (tertiary/aromatic N) is 1. The molecular formula is C12H14N2O5. The van der Waals surface area contributed by atoms with Crippen LogP contribution in [0.15, 0.2) is 18.5 Å². The van der Waals surface area contributed by atoms with Gasteiger partial charge in [-0.05, 0) is 26.8 Å². The van der Waals surface area contributed by atoms with E-state index in [1.54, 1.807) is 20.8 Å². The minimum atomic E-state index is -1.08. The molecule has 0 saturated heterocycles. The molecule has 0 radical (unpaired) electrons. The molecule has 1 aromatic heterocycles. The van der Waals surface area contributed by atoms with Gasteiger partial charge in [0.1, 0.15) is 5.60 Å². The third kappa shape index (κ3) is 5.15. The Morgan fingerprint density at radius 2 is 2.05 bits per heavy atom. The number of hydrogen-bond acceptors (Lipinski definition) is 6. The highest BCUT2D eigenvalue weighted by molar-refractivity contribution is 6.21. The van der Waals surface area contributed by atoms with Crippen LogP contribution in [0.1, 0.15) is 20.8 Å². The number of hydrogen-bond donors (Lipinski definition) is 1. The highest BCUT2D eigenvalue weighted by Crippen LogP contribution is 2.23. The third-order valence-electron chi connectivity index (χ3n) is 1.73. The van der Waals surface area contributed by atoms with E-state index in [0.717, 1.165) is 0 Å². The lowest BCUT2D eigenvalue weighted by Gasteiger charge is -2.20. The molecule has 0 fully saturated rings. The number of pyridine rings is 1. The Hall–Kier alpha value is -2.44. The lowest BCUT2D eigenvalue weighted by atomic mass is 10.2. The molecular weight excluding hydrogens is 252 g/mol. The summed E-state index contributed by atoms with van der Waals surface area (Å²) in [5, 5.41) is 2.40. The number of rotatable bonds is 3. The van der Waals surface area contributed by atoms with Gasteiger partial charge in [0.05, 0.1) is 11.9 Å². The van der Waals surface area contributed by atoms with E-state index in [9.17, 15) is 14.4 Å². The topological polar surface area (TPSA) is 94.6 Å². The van der Waals surface area contributed by atoms with E-state index < -0.39 is 17.7 Å². The molecule has 1 heterocycles. The summed E-state index contributed by atoms with van der Waals surface area (Å²) in [6, 6.07) is 1.41. The zero-order valence-electron chi connectivity index (χ0n) is 10.8. The normalized spacial score (nSPS) is 10.5. The maximum atomic E-state index is 11.6. The van der Waals surface area contributed by atoms with E-state index in [4.69, 9.17) is 4.74 Å². The van der Waals surface area contributed by atoms with Gasteiger partial charge in [0.2, 0.25) is 6.29 Å². The van der Waals surface area contributed by atoms with Gasteiger partial charge in [-0.25, -0.2) is 9.59 Å². The molecule has 1 amide bonds. The van der Waals surface area contributed by atoms with Crippen LogP contribution < -0.4 is 10.1 Å².